The maximum absolute atomic E-state index is 12.2. The van der Waals surface area contributed by atoms with Gasteiger partial charge in [0.15, 0.2) is 6.61 Å². The molecule has 6 nitrogen and oxygen atoms in total. The van der Waals surface area contributed by atoms with Crippen molar-refractivity contribution in [3.63, 3.8) is 0 Å². The highest BCUT2D eigenvalue weighted by Gasteiger charge is 2.31. The average molecular weight is 376 g/mol. The van der Waals surface area contributed by atoms with E-state index in [1.54, 1.807) is 12.3 Å². The number of fused-ring (bicyclic) bond motifs is 1. The van der Waals surface area contributed by atoms with Gasteiger partial charge in [-0.25, -0.2) is 4.98 Å². The van der Waals surface area contributed by atoms with Crippen LogP contribution in [0.3, 0.4) is 0 Å². The SMILES string of the molecule is Nc1ccc(C(=O)COC(=O)C2CCc3cc(Br)cnc32)cn1. The summed E-state index contributed by atoms with van der Waals surface area (Å²) in [6.45, 7) is -0.313. The summed E-state index contributed by atoms with van der Waals surface area (Å²) in [4.78, 5) is 32.4. The standard InChI is InChI=1S/C16H14BrN3O3/c17-11-5-9-1-3-12(15(9)20-7-11)16(22)23-8-13(21)10-2-4-14(18)19-6-10/h2,4-7,12H,1,3,8H2,(H2,18,19). The number of halogens is 1. The fourth-order valence-electron chi connectivity index (χ4n) is 2.56. The monoisotopic (exact) mass is 375 g/mol. The van der Waals surface area contributed by atoms with Gasteiger partial charge in [-0.1, -0.05) is 0 Å². The molecule has 2 N–H and O–H groups in total. The number of ketones is 1. The van der Waals surface area contributed by atoms with Crippen LogP contribution in [0.5, 0.6) is 0 Å². The van der Waals surface area contributed by atoms with Crippen molar-refractivity contribution in [2.24, 2.45) is 0 Å². The Morgan fingerprint density at radius 1 is 1.30 bits per heavy atom. The van der Waals surface area contributed by atoms with E-state index in [4.69, 9.17) is 10.5 Å². The molecule has 2 heterocycles. The van der Waals surface area contributed by atoms with E-state index < -0.39 is 11.9 Å². The highest BCUT2D eigenvalue weighted by atomic mass is 79.9. The summed E-state index contributed by atoms with van der Waals surface area (Å²) in [5, 5.41) is 0. The van der Waals surface area contributed by atoms with Crippen molar-refractivity contribution in [2.45, 2.75) is 18.8 Å². The third-order valence-electron chi connectivity index (χ3n) is 3.74. The number of ether oxygens (including phenoxy) is 1. The number of carbonyl (C=O) groups is 2. The van der Waals surface area contributed by atoms with E-state index in [2.05, 4.69) is 25.9 Å². The molecule has 1 unspecified atom stereocenters. The Morgan fingerprint density at radius 2 is 2.13 bits per heavy atom. The van der Waals surface area contributed by atoms with Crippen LogP contribution in [0.1, 0.15) is 34.0 Å². The quantitative estimate of drug-likeness (QED) is 0.650. The summed E-state index contributed by atoms with van der Waals surface area (Å²) in [6, 6.07) is 5.05. The highest BCUT2D eigenvalue weighted by Crippen LogP contribution is 2.33. The van der Waals surface area contributed by atoms with Crippen LogP contribution in [-0.4, -0.2) is 28.3 Å². The molecule has 3 rings (SSSR count). The number of rotatable bonds is 4. The van der Waals surface area contributed by atoms with Crippen molar-refractivity contribution >= 4 is 33.5 Å². The molecule has 0 fully saturated rings. The van der Waals surface area contributed by atoms with Crippen LogP contribution in [0.2, 0.25) is 0 Å². The second-order valence-electron chi connectivity index (χ2n) is 5.29. The molecular weight excluding hydrogens is 362 g/mol. The molecule has 0 bridgehead atoms. The van der Waals surface area contributed by atoms with Gasteiger partial charge in [-0.05, 0) is 52.5 Å². The van der Waals surface area contributed by atoms with E-state index in [0.29, 0.717) is 17.8 Å². The number of hydrogen-bond donors (Lipinski definition) is 1. The van der Waals surface area contributed by atoms with Crippen molar-refractivity contribution in [3.8, 4) is 0 Å². The van der Waals surface area contributed by atoms with Crippen LogP contribution in [-0.2, 0) is 16.0 Å². The van der Waals surface area contributed by atoms with Crippen molar-refractivity contribution in [2.75, 3.05) is 12.3 Å². The molecule has 118 valence electrons. The van der Waals surface area contributed by atoms with Gasteiger partial charge in [0.1, 0.15) is 5.82 Å². The number of pyridine rings is 2. The molecule has 23 heavy (non-hydrogen) atoms. The first-order valence-corrected chi connectivity index (χ1v) is 7.89. The lowest BCUT2D eigenvalue weighted by molar-refractivity contribution is -0.144. The van der Waals surface area contributed by atoms with Gasteiger partial charge in [0, 0.05) is 22.4 Å². The normalized spacial score (nSPS) is 16.0. The lowest BCUT2D eigenvalue weighted by Gasteiger charge is -2.10. The molecule has 0 spiro atoms. The minimum atomic E-state index is -0.421. The largest absolute Gasteiger partial charge is 0.457 e. The Morgan fingerprint density at radius 3 is 2.87 bits per heavy atom. The van der Waals surface area contributed by atoms with Crippen LogP contribution in [0.4, 0.5) is 5.82 Å². The summed E-state index contributed by atoms with van der Waals surface area (Å²) in [6.07, 6.45) is 4.46. The maximum Gasteiger partial charge on any atom is 0.315 e. The van der Waals surface area contributed by atoms with Gasteiger partial charge in [0.05, 0.1) is 11.6 Å². The van der Waals surface area contributed by atoms with Gasteiger partial charge in [-0.3, -0.25) is 14.6 Å². The third-order valence-corrected chi connectivity index (χ3v) is 4.17. The molecule has 0 saturated carbocycles. The number of anilines is 1. The Kier molecular flexibility index (Phi) is 4.38. The van der Waals surface area contributed by atoms with E-state index in [0.717, 1.165) is 22.2 Å². The molecule has 1 aliphatic rings. The van der Waals surface area contributed by atoms with Gasteiger partial charge in [-0.2, -0.15) is 0 Å². The lowest BCUT2D eigenvalue weighted by atomic mass is 10.1. The molecule has 0 saturated heterocycles. The Hall–Kier alpha value is -2.28. The number of aryl methyl sites for hydroxylation is 1. The molecule has 1 atom stereocenters. The lowest BCUT2D eigenvalue weighted by Crippen LogP contribution is -2.19. The summed E-state index contributed by atoms with van der Waals surface area (Å²) in [5.74, 6) is -0.808. The third kappa shape index (κ3) is 3.39. The molecule has 0 amide bonds. The molecule has 1 aliphatic carbocycles. The van der Waals surface area contributed by atoms with E-state index in [1.807, 2.05) is 6.07 Å². The number of carbonyl (C=O) groups excluding carboxylic acids is 2. The van der Waals surface area contributed by atoms with E-state index in [-0.39, 0.29) is 12.4 Å². The number of nitrogens with two attached hydrogens (primary N) is 1. The zero-order valence-electron chi connectivity index (χ0n) is 12.2. The summed E-state index contributed by atoms with van der Waals surface area (Å²) in [7, 11) is 0. The van der Waals surface area contributed by atoms with Gasteiger partial charge in [0.25, 0.3) is 0 Å². The first kappa shape index (κ1) is 15.6. The second-order valence-corrected chi connectivity index (χ2v) is 6.21. The minimum absolute atomic E-state index is 0.312. The molecule has 2 aromatic rings. The van der Waals surface area contributed by atoms with Crippen molar-refractivity contribution in [1.82, 2.24) is 9.97 Å². The van der Waals surface area contributed by atoms with Crippen LogP contribution in [0, 0.1) is 0 Å². The first-order valence-electron chi connectivity index (χ1n) is 7.10. The van der Waals surface area contributed by atoms with E-state index in [9.17, 15) is 9.59 Å². The van der Waals surface area contributed by atoms with E-state index in [1.165, 1.54) is 12.3 Å². The summed E-state index contributed by atoms with van der Waals surface area (Å²) in [5.41, 5.74) is 7.60. The molecule has 2 aromatic heterocycles. The molecule has 0 aromatic carbocycles. The summed E-state index contributed by atoms with van der Waals surface area (Å²) >= 11 is 3.36. The van der Waals surface area contributed by atoms with Crippen molar-refractivity contribution in [3.05, 3.63) is 51.9 Å². The number of Topliss-reactive ketones (excluding diaryl/α,β-unsaturated/α-hetero) is 1. The Labute approximate surface area is 141 Å². The zero-order chi connectivity index (χ0) is 16.4. The number of esters is 1. The topological polar surface area (TPSA) is 95.2 Å². The van der Waals surface area contributed by atoms with E-state index >= 15 is 0 Å². The molecular formula is C16H14BrN3O3. The Bertz CT molecular complexity index is 762. The van der Waals surface area contributed by atoms with Crippen molar-refractivity contribution < 1.29 is 14.3 Å². The fraction of sp³-hybridized carbons (Fsp3) is 0.250. The average Bonchev–Trinajstić information content (AvgIpc) is 2.96. The van der Waals surface area contributed by atoms with Gasteiger partial charge in [-0.15, -0.1) is 0 Å². The molecule has 0 aliphatic heterocycles. The van der Waals surface area contributed by atoms with Gasteiger partial charge >= 0.3 is 5.97 Å². The smallest absolute Gasteiger partial charge is 0.315 e. The number of hydrogen-bond acceptors (Lipinski definition) is 6. The number of nitrogen functional groups attached to an aromatic ring is 1. The minimum Gasteiger partial charge on any atom is -0.457 e. The zero-order valence-corrected chi connectivity index (χ0v) is 13.7. The highest BCUT2D eigenvalue weighted by molar-refractivity contribution is 9.10. The van der Waals surface area contributed by atoms with Crippen molar-refractivity contribution in [1.29, 1.82) is 0 Å². The first-order chi connectivity index (χ1) is 11.0. The number of nitrogens with zero attached hydrogens (tertiary/aromatic N) is 2. The van der Waals surface area contributed by atoms with Gasteiger partial charge in [0.2, 0.25) is 5.78 Å². The van der Waals surface area contributed by atoms with Crippen LogP contribution < -0.4 is 5.73 Å². The fourth-order valence-corrected chi connectivity index (χ4v) is 2.94. The number of aromatic nitrogens is 2. The molecule has 7 heteroatoms. The van der Waals surface area contributed by atoms with Gasteiger partial charge < -0.3 is 10.5 Å². The van der Waals surface area contributed by atoms with Crippen LogP contribution in [0.25, 0.3) is 0 Å². The maximum atomic E-state index is 12.2. The van der Waals surface area contributed by atoms with Crippen LogP contribution in [0.15, 0.2) is 35.1 Å². The summed E-state index contributed by atoms with van der Waals surface area (Å²) < 4.78 is 6.05. The molecule has 0 radical (unpaired) electrons. The predicted molar refractivity (Wildman–Crippen MR) is 86.9 cm³/mol. The van der Waals surface area contributed by atoms with Crippen LogP contribution >= 0.6 is 15.9 Å². The Balaban J connectivity index is 1.63. The predicted octanol–water partition coefficient (Wildman–Crippen LogP) is 2.28. The second kappa shape index (κ2) is 6.45.